The van der Waals surface area contributed by atoms with Crippen LogP contribution in [0.5, 0.6) is 5.88 Å². The first-order valence-corrected chi connectivity index (χ1v) is 5.53. The van der Waals surface area contributed by atoms with Crippen LogP contribution >= 0.6 is 0 Å². The monoisotopic (exact) mass is 260 g/mol. The second-order valence-corrected chi connectivity index (χ2v) is 3.69. The van der Waals surface area contributed by atoms with Gasteiger partial charge < -0.3 is 10.1 Å². The summed E-state index contributed by atoms with van der Waals surface area (Å²) in [5.74, 6) is 0.493. The predicted molar refractivity (Wildman–Crippen MR) is 69.0 cm³/mol. The average Bonchev–Trinajstić information content (AvgIpc) is 2.45. The maximum absolute atomic E-state index is 10.9. The number of aromatic nitrogens is 2. The van der Waals surface area contributed by atoms with E-state index in [2.05, 4.69) is 15.3 Å². The van der Waals surface area contributed by atoms with Gasteiger partial charge in [0.2, 0.25) is 11.7 Å². The van der Waals surface area contributed by atoms with Gasteiger partial charge in [0.05, 0.1) is 12.0 Å². The van der Waals surface area contributed by atoms with Crippen LogP contribution in [-0.2, 0) is 6.54 Å². The highest BCUT2D eigenvalue weighted by Gasteiger charge is 2.16. The number of pyridine rings is 2. The number of rotatable bonds is 5. The maximum Gasteiger partial charge on any atom is 0.311 e. The van der Waals surface area contributed by atoms with Gasteiger partial charge in [0.1, 0.15) is 0 Å². The van der Waals surface area contributed by atoms with Crippen molar-refractivity contribution < 1.29 is 9.66 Å². The molecule has 2 aromatic rings. The molecule has 1 N–H and O–H groups in total. The Morgan fingerprint density at radius 2 is 2.26 bits per heavy atom. The van der Waals surface area contributed by atoms with Gasteiger partial charge in [-0.2, -0.15) is 4.98 Å². The average molecular weight is 260 g/mol. The zero-order chi connectivity index (χ0) is 13.7. The standard InChI is InChI=1S/C12H12N4O3/c1-19-11-5-4-10(16(17)18)12(15-11)14-8-9-3-2-6-13-7-9/h2-7H,8H2,1H3,(H,14,15). The molecular formula is C12H12N4O3. The molecule has 0 aromatic carbocycles. The van der Waals surface area contributed by atoms with E-state index in [4.69, 9.17) is 4.74 Å². The largest absolute Gasteiger partial charge is 0.481 e. The molecule has 0 aliphatic rings. The Kier molecular flexibility index (Phi) is 3.87. The number of nitrogens with one attached hydrogen (secondary N) is 1. The number of ether oxygens (including phenoxy) is 1. The molecule has 0 unspecified atom stereocenters. The maximum atomic E-state index is 10.9. The van der Waals surface area contributed by atoms with Gasteiger partial charge in [-0.3, -0.25) is 15.1 Å². The number of methoxy groups -OCH3 is 1. The Morgan fingerprint density at radius 3 is 2.89 bits per heavy atom. The van der Waals surface area contributed by atoms with Crippen molar-refractivity contribution in [2.45, 2.75) is 6.54 Å². The summed E-state index contributed by atoms with van der Waals surface area (Å²) in [6.45, 7) is 0.398. The fourth-order valence-electron chi connectivity index (χ4n) is 1.51. The summed E-state index contributed by atoms with van der Waals surface area (Å²) in [6, 6.07) is 6.47. The Bertz CT molecular complexity index is 574. The van der Waals surface area contributed by atoms with Crippen molar-refractivity contribution in [2.24, 2.45) is 0 Å². The van der Waals surface area contributed by atoms with Crippen molar-refractivity contribution in [3.63, 3.8) is 0 Å². The first kappa shape index (κ1) is 12.7. The van der Waals surface area contributed by atoms with E-state index in [0.29, 0.717) is 12.4 Å². The van der Waals surface area contributed by atoms with Crippen LogP contribution in [0.1, 0.15) is 5.56 Å². The Morgan fingerprint density at radius 1 is 1.42 bits per heavy atom. The molecule has 0 spiro atoms. The van der Waals surface area contributed by atoms with Gasteiger partial charge in [0.25, 0.3) is 0 Å². The summed E-state index contributed by atoms with van der Waals surface area (Å²) >= 11 is 0. The molecule has 0 radical (unpaired) electrons. The molecule has 0 amide bonds. The number of nitro groups is 1. The highest BCUT2D eigenvalue weighted by atomic mass is 16.6. The van der Waals surface area contributed by atoms with Crippen LogP contribution in [0.15, 0.2) is 36.7 Å². The Hall–Kier alpha value is -2.70. The van der Waals surface area contributed by atoms with Gasteiger partial charge in [-0.15, -0.1) is 0 Å². The van der Waals surface area contributed by atoms with Crippen LogP contribution in [0.2, 0.25) is 0 Å². The van der Waals surface area contributed by atoms with Gasteiger partial charge in [-0.05, 0) is 11.6 Å². The first-order valence-electron chi connectivity index (χ1n) is 5.53. The van der Waals surface area contributed by atoms with Crippen LogP contribution < -0.4 is 10.1 Å². The minimum Gasteiger partial charge on any atom is -0.481 e. The third-order valence-electron chi connectivity index (χ3n) is 2.44. The zero-order valence-electron chi connectivity index (χ0n) is 10.2. The summed E-state index contributed by atoms with van der Waals surface area (Å²) < 4.78 is 4.96. The number of hydrogen-bond acceptors (Lipinski definition) is 6. The lowest BCUT2D eigenvalue weighted by molar-refractivity contribution is -0.384. The lowest BCUT2D eigenvalue weighted by Crippen LogP contribution is -2.05. The SMILES string of the molecule is COc1ccc([N+](=O)[O-])c(NCc2cccnc2)n1. The summed E-state index contributed by atoms with van der Waals surface area (Å²) in [7, 11) is 1.46. The van der Waals surface area contributed by atoms with Crippen LogP contribution in [-0.4, -0.2) is 22.0 Å². The number of hydrogen-bond donors (Lipinski definition) is 1. The van der Waals surface area contributed by atoms with E-state index in [1.165, 1.54) is 19.2 Å². The van der Waals surface area contributed by atoms with E-state index in [-0.39, 0.29) is 11.5 Å². The molecule has 2 aromatic heterocycles. The Balaban J connectivity index is 2.20. The molecule has 98 valence electrons. The van der Waals surface area contributed by atoms with Gasteiger partial charge in [0, 0.05) is 31.1 Å². The van der Waals surface area contributed by atoms with Crippen LogP contribution in [0.4, 0.5) is 11.5 Å². The lowest BCUT2D eigenvalue weighted by Gasteiger charge is -2.07. The minimum atomic E-state index is -0.488. The molecule has 0 saturated carbocycles. The van der Waals surface area contributed by atoms with Crippen molar-refractivity contribution >= 4 is 11.5 Å². The molecule has 0 fully saturated rings. The highest BCUT2D eigenvalue weighted by Crippen LogP contribution is 2.25. The molecule has 2 heterocycles. The topological polar surface area (TPSA) is 90.2 Å². The second-order valence-electron chi connectivity index (χ2n) is 3.69. The molecule has 7 nitrogen and oxygen atoms in total. The van der Waals surface area contributed by atoms with Gasteiger partial charge >= 0.3 is 5.69 Å². The van der Waals surface area contributed by atoms with Crippen molar-refractivity contribution in [3.05, 3.63) is 52.3 Å². The molecule has 0 atom stereocenters. The van der Waals surface area contributed by atoms with E-state index < -0.39 is 4.92 Å². The molecule has 0 aliphatic heterocycles. The van der Waals surface area contributed by atoms with Crippen LogP contribution in [0.3, 0.4) is 0 Å². The molecule has 7 heteroatoms. The number of nitrogens with zero attached hydrogens (tertiary/aromatic N) is 3. The number of anilines is 1. The summed E-state index contributed by atoms with van der Waals surface area (Å²) in [4.78, 5) is 18.4. The van der Waals surface area contributed by atoms with Gasteiger partial charge in [-0.25, -0.2) is 0 Å². The predicted octanol–water partition coefficient (Wildman–Crippen LogP) is 2.01. The molecular weight excluding hydrogens is 248 g/mol. The normalized spacial score (nSPS) is 9.95. The molecule has 2 rings (SSSR count). The summed E-state index contributed by atoms with van der Waals surface area (Å²) in [5, 5.41) is 13.8. The van der Waals surface area contributed by atoms with Crippen molar-refractivity contribution in [3.8, 4) is 5.88 Å². The Labute approximate surface area is 109 Å². The lowest BCUT2D eigenvalue weighted by atomic mass is 10.3. The quantitative estimate of drug-likeness (QED) is 0.653. The third kappa shape index (κ3) is 3.15. The molecule has 19 heavy (non-hydrogen) atoms. The minimum absolute atomic E-state index is 0.0929. The van der Waals surface area contributed by atoms with Gasteiger partial charge in [0.15, 0.2) is 0 Å². The van der Waals surface area contributed by atoms with Crippen LogP contribution in [0.25, 0.3) is 0 Å². The fourth-order valence-corrected chi connectivity index (χ4v) is 1.51. The molecule has 0 saturated heterocycles. The highest BCUT2D eigenvalue weighted by molar-refractivity contribution is 5.57. The van der Waals surface area contributed by atoms with E-state index >= 15 is 0 Å². The van der Waals surface area contributed by atoms with E-state index in [9.17, 15) is 10.1 Å². The van der Waals surface area contributed by atoms with E-state index in [0.717, 1.165) is 5.56 Å². The fraction of sp³-hybridized carbons (Fsp3) is 0.167. The third-order valence-corrected chi connectivity index (χ3v) is 2.44. The van der Waals surface area contributed by atoms with Gasteiger partial charge in [-0.1, -0.05) is 6.07 Å². The molecule has 0 bridgehead atoms. The van der Waals surface area contributed by atoms with Crippen molar-refractivity contribution in [1.82, 2.24) is 9.97 Å². The van der Waals surface area contributed by atoms with E-state index in [1.54, 1.807) is 18.5 Å². The summed E-state index contributed by atoms with van der Waals surface area (Å²) in [5.41, 5.74) is 0.811. The second kappa shape index (κ2) is 5.76. The van der Waals surface area contributed by atoms with E-state index in [1.807, 2.05) is 6.07 Å². The summed E-state index contributed by atoms with van der Waals surface area (Å²) in [6.07, 6.45) is 3.34. The van der Waals surface area contributed by atoms with Crippen molar-refractivity contribution in [1.29, 1.82) is 0 Å². The smallest absolute Gasteiger partial charge is 0.311 e. The molecule has 0 aliphatic carbocycles. The van der Waals surface area contributed by atoms with Crippen molar-refractivity contribution in [2.75, 3.05) is 12.4 Å². The zero-order valence-corrected chi connectivity index (χ0v) is 10.2. The van der Waals surface area contributed by atoms with Crippen LogP contribution in [0, 0.1) is 10.1 Å². The first-order chi connectivity index (χ1) is 9.20.